The lowest BCUT2D eigenvalue weighted by Gasteiger charge is -2.29. The predicted octanol–water partition coefficient (Wildman–Crippen LogP) is 4.53. The van der Waals surface area contributed by atoms with Crippen LogP contribution in [0.25, 0.3) is 0 Å². The van der Waals surface area contributed by atoms with Crippen molar-refractivity contribution in [1.29, 1.82) is 0 Å². The SMILES string of the molecule is Cc1cccc2c1CCNC2c1ccc(C(C)(C)C)cc1. The van der Waals surface area contributed by atoms with E-state index in [1.165, 1.54) is 27.8 Å². The van der Waals surface area contributed by atoms with E-state index in [9.17, 15) is 0 Å². The van der Waals surface area contributed by atoms with Gasteiger partial charge in [-0.3, -0.25) is 0 Å². The highest BCUT2D eigenvalue weighted by molar-refractivity contribution is 5.44. The van der Waals surface area contributed by atoms with Crippen molar-refractivity contribution < 1.29 is 0 Å². The van der Waals surface area contributed by atoms with E-state index >= 15 is 0 Å². The number of fused-ring (bicyclic) bond motifs is 1. The number of aryl methyl sites for hydroxylation is 1. The van der Waals surface area contributed by atoms with Crippen molar-refractivity contribution in [2.75, 3.05) is 6.54 Å². The molecule has 0 aliphatic carbocycles. The average Bonchev–Trinajstić information content (AvgIpc) is 2.46. The maximum atomic E-state index is 3.68. The smallest absolute Gasteiger partial charge is 0.0579 e. The van der Waals surface area contributed by atoms with E-state index in [1.807, 2.05) is 0 Å². The molecule has 1 heterocycles. The minimum atomic E-state index is 0.215. The topological polar surface area (TPSA) is 12.0 Å². The molecule has 0 saturated carbocycles. The normalized spacial score (nSPS) is 18.4. The van der Waals surface area contributed by atoms with Gasteiger partial charge in [-0.2, -0.15) is 0 Å². The highest BCUT2D eigenvalue weighted by Crippen LogP contribution is 2.31. The Morgan fingerprint density at radius 3 is 2.38 bits per heavy atom. The van der Waals surface area contributed by atoms with E-state index in [4.69, 9.17) is 0 Å². The van der Waals surface area contributed by atoms with Gasteiger partial charge in [0.05, 0.1) is 6.04 Å². The fourth-order valence-corrected chi connectivity index (χ4v) is 3.26. The number of hydrogen-bond acceptors (Lipinski definition) is 1. The third-order valence-electron chi connectivity index (χ3n) is 4.59. The molecule has 2 aromatic carbocycles. The van der Waals surface area contributed by atoms with Gasteiger partial charge in [-0.25, -0.2) is 0 Å². The maximum Gasteiger partial charge on any atom is 0.0579 e. The fourth-order valence-electron chi connectivity index (χ4n) is 3.26. The first-order chi connectivity index (χ1) is 9.97. The highest BCUT2D eigenvalue weighted by atomic mass is 14.9. The molecule has 0 amide bonds. The molecule has 1 heteroatoms. The standard InChI is InChI=1S/C20H25N/c1-14-6-5-7-18-17(14)12-13-21-19(18)15-8-10-16(11-9-15)20(2,3)4/h5-11,19,21H,12-13H2,1-4H3. The van der Waals surface area contributed by atoms with Crippen LogP contribution in [0.1, 0.15) is 54.6 Å². The van der Waals surface area contributed by atoms with Crippen LogP contribution in [0.5, 0.6) is 0 Å². The number of rotatable bonds is 1. The number of hydrogen-bond donors (Lipinski definition) is 1. The number of benzene rings is 2. The summed E-state index contributed by atoms with van der Waals surface area (Å²) in [6.07, 6.45) is 1.14. The van der Waals surface area contributed by atoms with Gasteiger partial charge in [0, 0.05) is 6.54 Å². The Morgan fingerprint density at radius 2 is 1.71 bits per heavy atom. The summed E-state index contributed by atoms with van der Waals surface area (Å²) in [4.78, 5) is 0. The van der Waals surface area contributed by atoms with Crippen LogP contribution in [0.3, 0.4) is 0 Å². The highest BCUT2D eigenvalue weighted by Gasteiger charge is 2.22. The molecule has 2 aromatic rings. The lowest BCUT2D eigenvalue weighted by atomic mass is 9.84. The van der Waals surface area contributed by atoms with Crippen molar-refractivity contribution >= 4 is 0 Å². The molecule has 0 fully saturated rings. The van der Waals surface area contributed by atoms with E-state index < -0.39 is 0 Å². The Balaban J connectivity index is 1.98. The van der Waals surface area contributed by atoms with Crippen LogP contribution in [0, 0.1) is 6.92 Å². The van der Waals surface area contributed by atoms with Gasteiger partial charge in [0.15, 0.2) is 0 Å². The van der Waals surface area contributed by atoms with Crippen LogP contribution in [-0.2, 0) is 11.8 Å². The van der Waals surface area contributed by atoms with Gasteiger partial charge < -0.3 is 5.32 Å². The first-order valence-corrected chi connectivity index (χ1v) is 7.89. The molecule has 1 N–H and O–H groups in total. The maximum absolute atomic E-state index is 3.68. The molecule has 1 unspecified atom stereocenters. The summed E-state index contributed by atoms with van der Waals surface area (Å²) in [5.41, 5.74) is 7.38. The van der Waals surface area contributed by atoms with Gasteiger partial charge in [-0.1, -0.05) is 63.2 Å². The van der Waals surface area contributed by atoms with Crippen molar-refractivity contribution in [1.82, 2.24) is 5.32 Å². The Hall–Kier alpha value is -1.60. The Kier molecular flexibility index (Phi) is 3.62. The van der Waals surface area contributed by atoms with Crippen molar-refractivity contribution in [3.05, 3.63) is 70.3 Å². The lowest BCUT2D eigenvalue weighted by Crippen LogP contribution is -2.31. The largest absolute Gasteiger partial charge is 0.306 e. The molecule has 3 rings (SSSR count). The second kappa shape index (κ2) is 5.31. The molecule has 0 aromatic heterocycles. The zero-order chi connectivity index (χ0) is 15.0. The molecule has 1 aliphatic heterocycles. The molecule has 0 saturated heterocycles. The molecular weight excluding hydrogens is 254 g/mol. The van der Waals surface area contributed by atoms with Crippen molar-refractivity contribution in [2.45, 2.75) is 45.6 Å². The average molecular weight is 279 g/mol. The minimum Gasteiger partial charge on any atom is -0.306 e. The zero-order valence-electron chi connectivity index (χ0n) is 13.5. The fraction of sp³-hybridized carbons (Fsp3) is 0.400. The molecule has 0 bridgehead atoms. The molecule has 110 valence electrons. The Morgan fingerprint density at radius 1 is 1.00 bits per heavy atom. The van der Waals surface area contributed by atoms with Crippen LogP contribution in [-0.4, -0.2) is 6.54 Å². The van der Waals surface area contributed by atoms with Crippen LogP contribution in [0.15, 0.2) is 42.5 Å². The van der Waals surface area contributed by atoms with Crippen LogP contribution < -0.4 is 5.32 Å². The molecule has 1 atom stereocenters. The van der Waals surface area contributed by atoms with Gasteiger partial charge >= 0.3 is 0 Å². The summed E-state index contributed by atoms with van der Waals surface area (Å²) in [6.45, 7) is 10.1. The van der Waals surface area contributed by atoms with Gasteiger partial charge in [0.1, 0.15) is 0 Å². The summed E-state index contributed by atoms with van der Waals surface area (Å²) in [5.74, 6) is 0. The molecular formula is C20H25N. The summed E-state index contributed by atoms with van der Waals surface area (Å²) < 4.78 is 0. The second-order valence-electron chi connectivity index (χ2n) is 7.15. The van der Waals surface area contributed by atoms with Crippen LogP contribution in [0.4, 0.5) is 0 Å². The van der Waals surface area contributed by atoms with E-state index in [1.54, 1.807) is 0 Å². The van der Waals surface area contributed by atoms with E-state index in [0.717, 1.165) is 13.0 Å². The molecule has 1 aliphatic rings. The summed E-state index contributed by atoms with van der Waals surface area (Å²) in [6, 6.07) is 16.1. The van der Waals surface area contributed by atoms with E-state index in [2.05, 4.69) is 75.5 Å². The summed E-state index contributed by atoms with van der Waals surface area (Å²) in [5, 5.41) is 3.68. The van der Waals surface area contributed by atoms with Crippen molar-refractivity contribution in [3.63, 3.8) is 0 Å². The molecule has 1 nitrogen and oxygen atoms in total. The third kappa shape index (κ3) is 2.75. The first-order valence-electron chi connectivity index (χ1n) is 7.89. The quantitative estimate of drug-likeness (QED) is 0.809. The van der Waals surface area contributed by atoms with Crippen LogP contribution >= 0.6 is 0 Å². The monoisotopic (exact) mass is 279 g/mol. The first kappa shape index (κ1) is 14.3. The Bertz CT molecular complexity index is 632. The molecule has 0 radical (unpaired) electrons. The van der Waals surface area contributed by atoms with Gasteiger partial charge in [0.2, 0.25) is 0 Å². The third-order valence-corrected chi connectivity index (χ3v) is 4.59. The van der Waals surface area contributed by atoms with Gasteiger partial charge in [-0.15, -0.1) is 0 Å². The van der Waals surface area contributed by atoms with Crippen molar-refractivity contribution in [3.8, 4) is 0 Å². The van der Waals surface area contributed by atoms with Crippen LogP contribution in [0.2, 0.25) is 0 Å². The number of nitrogens with one attached hydrogen (secondary N) is 1. The predicted molar refractivity (Wildman–Crippen MR) is 89.9 cm³/mol. The molecule has 21 heavy (non-hydrogen) atoms. The summed E-state index contributed by atoms with van der Waals surface area (Å²) in [7, 11) is 0. The summed E-state index contributed by atoms with van der Waals surface area (Å²) >= 11 is 0. The van der Waals surface area contributed by atoms with Gasteiger partial charge in [0.25, 0.3) is 0 Å². The second-order valence-corrected chi connectivity index (χ2v) is 7.15. The zero-order valence-corrected chi connectivity index (χ0v) is 13.5. The molecule has 0 spiro atoms. The lowest BCUT2D eigenvalue weighted by molar-refractivity contribution is 0.563. The van der Waals surface area contributed by atoms with E-state index in [-0.39, 0.29) is 5.41 Å². The van der Waals surface area contributed by atoms with Crippen molar-refractivity contribution in [2.24, 2.45) is 0 Å². The van der Waals surface area contributed by atoms with E-state index in [0.29, 0.717) is 6.04 Å². The minimum absolute atomic E-state index is 0.215. The Labute approximate surface area is 128 Å². The van der Waals surface area contributed by atoms with Gasteiger partial charge in [-0.05, 0) is 46.6 Å².